The number of piperidine rings is 1. The third-order valence-electron chi connectivity index (χ3n) is 6.49. The van der Waals surface area contributed by atoms with Gasteiger partial charge in [0.1, 0.15) is 11.6 Å². The maximum absolute atomic E-state index is 13.5. The Labute approximate surface area is 223 Å². The van der Waals surface area contributed by atoms with Crippen molar-refractivity contribution >= 4 is 11.9 Å². The molecule has 0 aromatic heterocycles. The molecule has 3 aromatic rings. The van der Waals surface area contributed by atoms with E-state index in [1.54, 1.807) is 12.1 Å². The molecular weight excluding hydrogens is 485 g/mol. The van der Waals surface area contributed by atoms with Crippen molar-refractivity contribution in [2.24, 2.45) is 5.92 Å². The maximum Gasteiger partial charge on any atom is 0.328 e. The molecule has 4 rings (SSSR count). The second-order valence-corrected chi connectivity index (χ2v) is 9.14. The number of carbonyl (C=O) groups is 2. The number of nitrogens with zero attached hydrogens (tertiary/aromatic N) is 1. The number of halogens is 1. The van der Waals surface area contributed by atoms with Crippen LogP contribution in [0.5, 0.6) is 5.75 Å². The molecule has 1 aliphatic rings. The highest BCUT2D eigenvalue weighted by atomic mass is 19.1. The van der Waals surface area contributed by atoms with Crippen molar-refractivity contribution in [2.45, 2.75) is 25.2 Å². The first-order chi connectivity index (χ1) is 18.4. The van der Waals surface area contributed by atoms with Gasteiger partial charge in [-0.2, -0.15) is 0 Å². The van der Waals surface area contributed by atoms with Crippen molar-refractivity contribution in [3.05, 3.63) is 114 Å². The van der Waals surface area contributed by atoms with Gasteiger partial charge in [0.05, 0.1) is 6.61 Å². The minimum atomic E-state index is -1.26. The summed E-state index contributed by atoms with van der Waals surface area (Å²) >= 11 is 0. The van der Waals surface area contributed by atoms with E-state index in [0.717, 1.165) is 51.3 Å². The van der Waals surface area contributed by atoms with Crippen LogP contribution in [0.3, 0.4) is 0 Å². The van der Waals surface area contributed by atoms with Gasteiger partial charge >= 0.3 is 11.9 Å². The van der Waals surface area contributed by atoms with Crippen molar-refractivity contribution in [2.75, 3.05) is 26.2 Å². The summed E-state index contributed by atoms with van der Waals surface area (Å²) in [7, 11) is 0. The molecular formula is C31H34FNO5. The fourth-order valence-electron chi connectivity index (χ4n) is 4.71. The molecule has 1 aliphatic heterocycles. The second kappa shape index (κ2) is 15.3. The lowest BCUT2D eigenvalue weighted by Gasteiger charge is -2.36. The second-order valence-electron chi connectivity index (χ2n) is 9.14. The fraction of sp³-hybridized carbons (Fsp3) is 0.290. The van der Waals surface area contributed by atoms with Crippen LogP contribution in [0.15, 0.2) is 97.1 Å². The minimum absolute atomic E-state index is 0.168. The Kier molecular flexibility index (Phi) is 11.5. The van der Waals surface area contributed by atoms with Gasteiger partial charge in [-0.05, 0) is 73.7 Å². The number of hydrogen-bond acceptors (Lipinski definition) is 4. The van der Waals surface area contributed by atoms with Crippen molar-refractivity contribution in [3.63, 3.8) is 0 Å². The molecule has 0 spiro atoms. The standard InChI is InChI=1S/C27H30FNO.C4H4O4/c28-25-14-12-23(13-15-25)27(22-8-3-1-4-9-22)24-16-19-29(20-17-24)18-7-21-30-26-10-5-2-6-11-26;5-3(6)1-2-4(7)8/h1-6,8-15,24,27H,7,16-21H2;1-2H,(H,5,6)(H,7,8)/b;2-1+. The Balaban J connectivity index is 0.000000436. The Morgan fingerprint density at radius 3 is 1.92 bits per heavy atom. The smallest absolute Gasteiger partial charge is 0.328 e. The first-order valence-corrected chi connectivity index (χ1v) is 12.8. The van der Waals surface area contributed by atoms with Gasteiger partial charge in [-0.3, -0.25) is 0 Å². The van der Waals surface area contributed by atoms with E-state index in [9.17, 15) is 14.0 Å². The van der Waals surface area contributed by atoms with Gasteiger partial charge in [-0.15, -0.1) is 0 Å². The molecule has 1 unspecified atom stereocenters. The normalized spacial score (nSPS) is 14.9. The molecule has 0 amide bonds. The van der Waals surface area contributed by atoms with Gasteiger partial charge < -0.3 is 19.8 Å². The zero-order chi connectivity index (χ0) is 27.2. The van der Waals surface area contributed by atoms with E-state index in [1.807, 2.05) is 42.5 Å². The topological polar surface area (TPSA) is 87.1 Å². The van der Waals surface area contributed by atoms with Crippen LogP contribution >= 0.6 is 0 Å². The van der Waals surface area contributed by atoms with Crippen LogP contribution in [-0.4, -0.2) is 53.3 Å². The van der Waals surface area contributed by atoms with Crippen LogP contribution in [0.1, 0.15) is 36.3 Å². The molecule has 0 aliphatic carbocycles. The number of ether oxygens (including phenoxy) is 1. The summed E-state index contributed by atoms with van der Waals surface area (Å²) in [6, 6.07) is 27.8. The molecule has 2 N–H and O–H groups in total. The monoisotopic (exact) mass is 519 g/mol. The summed E-state index contributed by atoms with van der Waals surface area (Å²) in [5.41, 5.74) is 2.55. The SMILES string of the molecule is Fc1ccc(C(c2ccccc2)C2CCN(CCCOc3ccccc3)CC2)cc1.O=C(O)/C=C/C(=O)O. The summed E-state index contributed by atoms with van der Waals surface area (Å²) in [5.74, 6) is -0.829. The summed E-state index contributed by atoms with van der Waals surface area (Å²) in [6.45, 7) is 4.05. The summed E-state index contributed by atoms with van der Waals surface area (Å²) in [5, 5.41) is 15.6. The number of para-hydroxylation sites is 1. The molecule has 7 heteroatoms. The highest BCUT2D eigenvalue weighted by Crippen LogP contribution is 2.38. The molecule has 1 atom stereocenters. The first kappa shape index (κ1) is 28.6. The molecule has 1 heterocycles. The number of aliphatic carboxylic acids is 2. The largest absolute Gasteiger partial charge is 0.494 e. The van der Waals surface area contributed by atoms with Crippen molar-refractivity contribution < 1.29 is 28.9 Å². The number of rotatable bonds is 10. The number of hydrogen-bond donors (Lipinski definition) is 2. The highest BCUT2D eigenvalue weighted by Gasteiger charge is 2.28. The van der Waals surface area contributed by atoms with E-state index >= 15 is 0 Å². The molecule has 38 heavy (non-hydrogen) atoms. The molecule has 0 bridgehead atoms. The Morgan fingerprint density at radius 1 is 0.842 bits per heavy atom. The quantitative estimate of drug-likeness (QED) is 0.258. The molecule has 1 saturated heterocycles. The lowest BCUT2D eigenvalue weighted by atomic mass is 9.76. The minimum Gasteiger partial charge on any atom is -0.494 e. The first-order valence-electron chi connectivity index (χ1n) is 12.8. The van der Waals surface area contributed by atoms with Crippen molar-refractivity contribution in [1.82, 2.24) is 4.90 Å². The number of carboxylic acid groups (broad SMARTS) is 2. The fourth-order valence-corrected chi connectivity index (χ4v) is 4.71. The van der Waals surface area contributed by atoms with Gasteiger partial charge in [-0.1, -0.05) is 60.7 Å². The van der Waals surface area contributed by atoms with Gasteiger partial charge in [0.2, 0.25) is 0 Å². The predicted molar refractivity (Wildman–Crippen MR) is 145 cm³/mol. The number of carboxylic acids is 2. The van der Waals surface area contributed by atoms with Crippen LogP contribution in [0.25, 0.3) is 0 Å². The molecule has 0 saturated carbocycles. The number of likely N-dealkylation sites (tertiary alicyclic amines) is 1. The van der Waals surface area contributed by atoms with E-state index in [1.165, 1.54) is 11.1 Å². The van der Waals surface area contributed by atoms with E-state index in [4.69, 9.17) is 14.9 Å². The maximum atomic E-state index is 13.5. The van der Waals surface area contributed by atoms with E-state index in [2.05, 4.69) is 35.2 Å². The van der Waals surface area contributed by atoms with Crippen molar-refractivity contribution in [1.29, 1.82) is 0 Å². The lowest BCUT2D eigenvalue weighted by Crippen LogP contribution is -2.36. The third kappa shape index (κ3) is 9.82. The Bertz CT molecular complexity index is 1130. The molecule has 3 aromatic carbocycles. The zero-order valence-corrected chi connectivity index (χ0v) is 21.3. The third-order valence-corrected chi connectivity index (χ3v) is 6.49. The summed E-state index contributed by atoms with van der Waals surface area (Å²) < 4.78 is 19.3. The van der Waals surface area contributed by atoms with Gasteiger partial charge in [-0.25, -0.2) is 14.0 Å². The average molecular weight is 520 g/mol. The van der Waals surface area contributed by atoms with E-state index < -0.39 is 11.9 Å². The molecule has 0 radical (unpaired) electrons. The van der Waals surface area contributed by atoms with Crippen LogP contribution in [0.2, 0.25) is 0 Å². The van der Waals surface area contributed by atoms with Crippen LogP contribution in [0, 0.1) is 11.7 Å². The number of benzene rings is 3. The van der Waals surface area contributed by atoms with Gasteiger partial charge in [0, 0.05) is 24.6 Å². The molecule has 1 fully saturated rings. The molecule has 200 valence electrons. The van der Waals surface area contributed by atoms with Crippen LogP contribution in [-0.2, 0) is 9.59 Å². The summed E-state index contributed by atoms with van der Waals surface area (Å²) in [4.78, 5) is 21.7. The van der Waals surface area contributed by atoms with Crippen LogP contribution in [0.4, 0.5) is 4.39 Å². The van der Waals surface area contributed by atoms with Gasteiger partial charge in [0.25, 0.3) is 0 Å². The van der Waals surface area contributed by atoms with Crippen LogP contribution < -0.4 is 4.74 Å². The van der Waals surface area contributed by atoms with E-state index in [-0.39, 0.29) is 5.82 Å². The Morgan fingerprint density at radius 2 is 1.37 bits per heavy atom. The highest BCUT2D eigenvalue weighted by molar-refractivity contribution is 5.89. The van der Waals surface area contributed by atoms with Crippen molar-refractivity contribution in [3.8, 4) is 5.75 Å². The zero-order valence-electron chi connectivity index (χ0n) is 21.3. The Hall–Kier alpha value is -3.97. The molecule has 6 nitrogen and oxygen atoms in total. The van der Waals surface area contributed by atoms with Gasteiger partial charge in [0.15, 0.2) is 0 Å². The summed E-state index contributed by atoms with van der Waals surface area (Å²) in [6.07, 6.45) is 4.48. The van der Waals surface area contributed by atoms with E-state index in [0.29, 0.717) is 24.0 Å². The lowest BCUT2D eigenvalue weighted by molar-refractivity contribution is -0.134. The average Bonchev–Trinajstić information content (AvgIpc) is 2.93. The predicted octanol–water partition coefficient (Wildman–Crippen LogP) is 5.85.